The summed E-state index contributed by atoms with van der Waals surface area (Å²) in [5.74, 6) is 0.533. The third-order valence-corrected chi connectivity index (χ3v) is 4.23. The lowest BCUT2D eigenvalue weighted by molar-refractivity contribution is -0.384. The SMILES string of the molecule is CCc1ncc(S(=O)(=O)Nc2ccc([N+](=O)[O-])cc2Cl)[nH]1. The molecule has 21 heavy (non-hydrogen) atoms. The largest absolute Gasteiger partial charge is 0.332 e. The van der Waals surface area contributed by atoms with Crippen molar-refractivity contribution in [3.05, 3.63) is 45.4 Å². The molecule has 0 aliphatic heterocycles. The Morgan fingerprint density at radius 1 is 1.48 bits per heavy atom. The van der Waals surface area contributed by atoms with Gasteiger partial charge in [0, 0.05) is 18.6 Å². The van der Waals surface area contributed by atoms with Crippen LogP contribution in [-0.4, -0.2) is 23.3 Å². The summed E-state index contributed by atoms with van der Waals surface area (Å²) in [7, 11) is -3.88. The number of benzene rings is 1. The van der Waals surface area contributed by atoms with E-state index in [1.165, 1.54) is 12.3 Å². The van der Waals surface area contributed by atoms with E-state index in [4.69, 9.17) is 11.6 Å². The first kappa shape index (κ1) is 15.3. The molecule has 0 saturated carbocycles. The van der Waals surface area contributed by atoms with E-state index in [1.54, 1.807) is 0 Å². The first-order valence-corrected chi connectivity index (χ1v) is 7.70. The van der Waals surface area contributed by atoms with Gasteiger partial charge in [-0.1, -0.05) is 18.5 Å². The highest BCUT2D eigenvalue weighted by Crippen LogP contribution is 2.28. The lowest BCUT2D eigenvalue weighted by atomic mass is 10.3. The van der Waals surface area contributed by atoms with E-state index < -0.39 is 14.9 Å². The smallest absolute Gasteiger partial charge is 0.279 e. The van der Waals surface area contributed by atoms with E-state index in [1.807, 2.05) is 6.92 Å². The number of nitro groups is 1. The zero-order valence-electron chi connectivity index (χ0n) is 10.8. The Bertz CT molecular complexity index is 787. The minimum Gasteiger partial charge on any atom is -0.332 e. The van der Waals surface area contributed by atoms with E-state index in [0.717, 1.165) is 12.1 Å². The standard InChI is InChI=1S/C11H11ClN4O4S/c1-2-10-13-6-11(14-10)21(19,20)15-9-4-3-7(16(17)18)5-8(9)12/h3-6,15H,2H2,1H3,(H,13,14). The fourth-order valence-corrected chi connectivity index (χ4v) is 2.86. The minimum atomic E-state index is -3.88. The third-order valence-electron chi connectivity index (χ3n) is 2.64. The number of sulfonamides is 1. The number of non-ortho nitro benzene ring substituents is 1. The van der Waals surface area contributed by atoms with E-state index in [9.17, 15) is 18.5 Å². The summed E-state index contributed by atoms with van der Waals surface area (Å²) in [4.78, 5) is 16.5. The molecule has 0 amide bonds. The third kappa shape index (κ3) is 3.31. The molecule has 0 aliphatic rings. The van der Waals surface area contributed by atoms with Crippen LogP contribution in [0, 0.1) is 10.1 Å². The van der Waals surface area contributed by atoms with Gasteiger partial charge in [0.2, 0.25) is 0 Å². The van der Waals surface area contributed by atoms with Crippen molar-refractivity contribution in [1.82, 2.24) is 9.97 Å². The molecule has 0 radical (unpaired) electrons. The Balaban J connectivity index is 2.30. The van der Waals surface area contributed by atoms with Gasteiger partial charge >= 0.3 is 0 Å². The molecule has 1 heterocycles. The van der Waals surface area contributed by atoms with Crippen LogP contribution in [0.4, 0.5) is 11.4 Å². The van der Waals surface area contributed by atoms with Gasteiger partial charge in [0.15, 0.2) is 5.03 Å². The Morgan fingerprint density at radius 2 is 2.19 bits per heavy atom. The number of anilines is 1. The average Bonchev–Trinajstić information content (AvgIpc) is 2.90. The molecule has 2 rings (SSSR count). The van der Waals surface area contributed by atoms with E-state index in [0.29, 0.717) is 12.2 Å². The second-order valence-corrected chi connectivity index (χ2v) is 6.13. The molecule has 2 N–H and O–H groups in total. The maximum Gasteiger partial charge on any atom is 0.279 e. The zero-order valence-corrected chi connectivity index (χ0v) is 12.4. The van der Waals surface area contributed by atoms with Crippen LogP contribution in [0.5, 0.6) is 0 Å². The van der Waals surface area contributed by atoms with Crippen molar-refractivity contribution < 1.29 is 13.3 Å². The molecule has 0 saturated heterocycles. The van der Waals surface area contributed by atoms with Crippen molar-refractivity contribution in [1.29, 1.82) is 0 Å². The molecule has 0 atom stereocenters. The lowest BCUT2D eigenvalue weighted by Crippen LogP contribution is -2.13. The van der Waals surface area contributed by atoms with Gasteiger partial charge in [-0.2, -0.15) is 8.42 Å². The maximum atomic E-state index is 12.1. The van der Waals surface area contributed by atoms with E-state index >= 15 is 0 Å². The fraction of sp³-hybridized carbons (Fsp3) is 0.182. The second-order valence-electron chi connectivity index (χ2n) is 4.07. The number of nitro benzene ring substituents is 1. The number of aromatic amines is 1. The Kier molecular flexibility index (Phi) is 4.14. The van der Waals surface area contributed by atoms with Gasteiger partial charge in [-0.15, -0.1) is 0 Å². The number of nitrogens with one attached hydrogen (secondary N) is 2. The topological polar surface area (TPSA) is 118 Å². The van der Waals surface area contributed by atoms with Gasteiger partial charge in [-0.3, -0.25) is 14.8 Å². The maximum absolute atomic E-state index is 12.1. The van der Waals surface area contributed by atoms with Gasteiger partial charge in [0.1, 0.15) is 5.82 Å². The normalized spacial score (nSPS) is 11.3. The van der Waals surface area contributed by atoms with E-state index in [-0.39, 0.29) is 21.4 Å². The van der Waals surface area contributed by atoms with Crippen LogP contribution in [0.3, 0.4) is 0 Å². The lowest BCUT2D eigenvalue weighted by Gasteiger charge is -2.07. The summed E-state index contributed by atoms with van der Waals surface area (Å²) in [6, 6.07) is 3.47. The molecule has 0 spiro atoms. The van der Waals surface area contributed by atoms with Crippen LogP contribution in [0.1, 0.15) is 12.7 Å². The first-order valence-electron chi connectivity index (χ1n) is 5.84. The molecule has 112 valence electrons. The predicted octanol–water partition coefficient (Wildman–Crippen LogP) is 2.33. The van der Waals surface area contributed by atoms with Crippen LogP contribution < -0.4 is 4.72 Å². The summed E-state index contributed by atoms with van der Waals surface area (Å²) in [6.45, 7) is 1.83. The van der Waals surface area contributed by atoms with E-state index in [2.05, 4.69) is 14.7 Å². The molecular weight excluding hydrogens is 320 g/mol. The summed E-state index contributed by atoms with van der Waals surface area (Å²) in [5.41, 5.74) is -0.173. The van der Waals surface area contributed by atoms with Gasteiger partial charge in [-0.25, -0.2) is 4.98 Å². The number of halogens is 1. The molecule has 8 nitrogen and oxygen atoms in total. The molecule has 1 aromatic heterocycles. The van der Waals surface area contributed by atoms with Gasteiger partial charge < -0.3 is 4.98 Å². The molecule has 2 aromatic rings. The van der Waals surface area contributed by atoms with Crippen molar-refractivity contribution in [2.45, 2.75) is 18.4 Å². The molecule has 1 aromatic carbocycles. The van der Waals surface area contributed by atoms with Crippen LogP contribution in [0.25, 0.3) is 0 Å². The fourth-order valence-electron chi connectivity index (χ4n) is 1.56. The van der Waals surface area contributed by atoms with Crippen LogP contribution in [0.2, 0.25) is 5.02 Å². The quantitative estimate of drug-likeness (QED) is 0.644. The summed E-state index contributed by atoms with van der Waals surface area (Å²) in [5, 5.41) is 10.4. The second kappa shape index (κ2) is 5.70. The van der Waals surface area contributed by atoms with Crippen molar-refractivity contribution in [2.75, 3.05) is 4.72 Å². The zero-order chi connectivity index (χ0) is 15.6. The molecule has 0 unspecified atom stereocenters. The number of aromatic nitrogens is 2. The van der Waals surface area contributed by atoms with Gasteiger partial charge in [-0.05, 0) is 6.07 Å². The molecule has 0 bridgehead atoms. The van der Waals surface area contributed by atoms with Crippen molar-refractivity contribution in [3.8, 4) is 0 Å². The van der Waals surface area contributed by atoms with Gasteiger partial charge in [0.25, 0.3) is 15.7 Å². The van der Waals surface area contributed by atoms with Gasteiger partial charge in [0.05, 0.1) is 21.8 Å². The van der Waals surface area contributed by atoms with Crippen LogP contribution in [0.15, 0.2) is 29.4 Å². The van der Waals surface area contributed by atoms with Crippen LogP contribution in [-0.2, 0) is 16.4 Å². The Labute approximate surface area is 125 Å². The highest BCUT2D eigenvalue weighted by molar-refractivity contribution is 7.92. The summed E-state index contributed by atoms with van der Waals surface area (Å²) < 4.78 is 26.5. The monoisotopic (exact) mass is 330 g/mol. The summed E-state index contributed by atoms with van der Waals surface area (Å²) in [6.07, 6.45) is 1.76. The highest BCUT2D eigenvalue weighted by Gasteiger charge is 2.19. The number of H-pyrrole nitrogens is 1. The highest BCUT2D eigenvalue weighted by atomic mass is 35.5. The average molecular weight is 331 g/mol. The number of rotatable bonds is 5. The summed E-state index contributed by atoms with van der Waals surface area (Å²) >= 11 is 5.84. The predicted molar refractivity (Wildman–Crippen MR) is 76.9 cm³/mol. The Morgan fingerprint density at radius 3 is 2.71 bits per heavy atom. The molecule has 0 aliphatic carbocycles. The molecular formula is C11H11ClN4O4S. The number of imidazole rings is 1. The van der Waals surface area contributed by atoms with Crippen molar-refractivity contribution >= 4 is 33.0 Å². The number of hydrogen-bond acceptors (Lipinski definition) is 5. The number of aryl methyl sites for hydroxylation is 1. The minimum absolute atomic E-state index is 0.0508. The first-order chi connectivity index (χ1) is 9.83. The van der Waals surface area contributed by atoms with Crippen LogP contribution >= 0.6 is 11.6 Å². The van der Waals surface area contributed by atoms with Crippen molar-refractivity contribution in [2.24, 2.45) is 0 Å². The molecule has 0 fully saturated rings. The Hall–Kier alpha value is -2.13. The number of nitrogens with zero attached hydrogens (tertiary/aromatic N) is 2. The van der Waals surface area contributed by atoms with Crippen molar-refractivity contribution in [3.63, 3.8) is 0 Å². The molecule has 10 heteroatoms. The number of hydrogen-bond donors (Lipinski definition) is 2.